The predicted octanol–water partition coefficient (Wildman–Crippen LogP) is -0.744. The van der Waals surface area contributed by atoms with Crippen LogP contribution >= 0.6 is 56.4 Å². The molecule has 0 rings (SSSR count). The number of rotatable bonds is 0. The van der Waals surface area contributed by atoms with Gasteiger partial charge in [-0.1, -0.05) is 0 Å². The van der Waals surface area contributed by atoms with Crippen molar-refractivity contribution in [2.45, 2.75) is 0 Å². The molecule has 10 heavy (non-hydrogen) atoms. The van der Waals surface area contributed by atoms with E-state index < -0.39 is 5.61 Å². The molecule has 0 aliphatic rings. The van der Waals surface area contributed by atoms with Crippen LogP contribution in [0.15, 0.2) is 0 Å². The first-order chi connectivity index (χ1) is 2.00. The minimum atomic E-state index is -1.38. The van der Waals surface area contributed by atoms with Gasteiger partial charge in [-0.05, 0) is 0 Å². The molecule has 0 atom stereocenters. The van der Waals surface area contributed by atoms with Crippen molar-refractivity contribution in [3.63, 3.8) is 0 Å². The molecule has 10 heteroatoms. The monoisotopic (exact) mass is 461 g/mol. The van der Waals surface area contributed by atoms with Gasteiger partial charge in [0, 0.05) is 0 Å². The second-order valence-corrected chi connectivity index (χ2v) is 36.1. The number of halogens is 4. The molecular formula is H10Br4MnO5. The summed E-state index contributed by atoms with van der Waals surface area (Å²) in [5.41, 5.74) is -1.38. The number of hydrogen-bond acceptors (Lipinski definition) is 0. The predicted molar refractivity (Wildman–Crippen MR) is 53.8 cm³/mol. The summed E-state index contributed by atoms with van der Waals surface area (Å²) in [6.07, 6.45) is 0. The van der Waals surface area contributed by atoms with Crippen LogP contribution in [0.1, 0.15) is 0 Å². The van der Waals surface area contributed by atoms with E-state index in [1.165, 1.54) is 0 Å². The Morgan fingerprint density at radius 1 is 0.500 bits per heavy atom. The first-order valence-electron chi connectivity index (χ1n) is 0.571. The second-order valence-electron chi connectivity index (χ2n) is 0.324. The summed E-state index contributed by atoms with van der Waals surface area (Å²) >= 11 is 13.1. The van der Waals surface area contributed by atoms with Gasteiger partial charge in [0.2, 0.25) is 0 Å². The summed E-state index contributed by atoms with van der Waals surface area (Å²) in [5.74, 6) is 0. The van der Waals surface area contributed by atoms with Gasteiger partial charge < -0.3 is 27.4 Å². The molecule has 0 heterocycles. The van der Waals surface area contributed by atoms with Crippen molar-refractivity contribution < 1.29 is 33.0 Å². The van der Waals surface area contributed by atoms with Gasteiger partial charge in [0.05, 0.1) is 0 Å². The van der Waals surface area contributed by atoms with Gasteiger partial charge in [-0.25, -0.2) is 0 Å². The molecule has 0 radical (unpaired) electrons. The molecule has 0 unspecified atom stereocenters. The Balaban J connectivity index is -0.00000000800. The van der Waals surface area contributed by atoms with Crippen LogP contribution in [0, 0.1) is 0 Å². The van der Waals surface area contributed by atoms with Crippen molar-refractivity contribution in [2.24, 2.45) is 0 Å². The molecule has 10 N–H and O–H groups in total. The standard InChI is InChI=1S/4BrH.Mn.5H2O/h4*1H;;5*1H2/q;;;;+4;;;;;/p-4. The minimum absolute atomic E-state index is 0. The van der Waals surface area contributed by atoms with Crippen LogP contribution in [0.4, 0.5) is 0 Å². The maximum absolute atomic E-state index is 3.27. The van der Waals surface area contributed by atoms with Crippen LogP contribution in [0.5, 0.6) is 0 Å². The van der Waals surface area contributed by atoms with Crippen molar-refractivity contribution in [2.75, 3.05) is 0 Å². The fourth-order valence-corrected chi connectivity index (χ4v) is 0. The third-order valence-corrected chi connectivity index (χ3v) is 0. The van der Waals surface area contributed by atoms with E-state index in [1.54, 1.807) is 0 Å². The van der Waals surface area contributed by atoms with Crippen LogP contribution in [-0.2, 0) is 5.61 Å². The van der Waals surface area contributed by atoms with E-state index in [1.807, 2.05) is 0 Å². The van der Waals surface area contributed by atoms with Crippen molar-refractivity contribution >= 4 is 56.4 Å². The number of hydrogen-bond donors (Lipinski definition) is 0. The van der Waals surface area contributed by atoms with Crippen molar-refractivity contribution in [3.05, 3.63) is 0 Å². The van der Waals surface area contributed by atoms with Crippen LogP contribution < -0.4 is 0 Å². The average Bonchev–Trinajstić information content (AvgIpc) is 0.722. The fourth-order valence-electron chi connectivity index (χ4n) is 0. The summed E-state index contributed by atoms with van der Waals surface area (Å²) in [6, 6.07) is 0. The van der Waals surface area contributed by atoms with Crippen LogP contribution in [0.3, 0.4) is 0 Å². The van der Waals surface area contributed by atoms with Gasteiger partial charge in [-0.3, -0.25) is 0 Å². The zero-order valence-corrected chi connectivity index (χ0v) is 11.9. The Morgan fingerprint density at radius 3 is 0.500 bits per heavy atom. The van der Waals surface area contributed by atoms with E-state index in [0.717, 1.165) is 0 Å². The van der Waals surface area contributed by atoms with Gasteiger partial charge >= 0.3 is 62.1 Å². The van der Waals surface area contributed by atoms with E-state index >= 15 is 0 Å². The van der Waals surface area contributed by atoms with Crippen molar-refractivity contribution in [1.82, 2.24) is 0 Å². The van der Waals surface area contributed by atoms with E-state index in [0.29, 0.717) is 0 Å². The first-order valence-corrected chi connectivity index (χ1v) is 12.2. The topological polar surface area (TPSA) is 158 Å². The van der Waals surface area contributed by atoms with Gasteiger partial charge in [0.15, 0.2) is 0 Å². The molecule has 75 valence electrons. The van der Waals surface area contributed by atoms with Gasteiger partial charge in [-0.15, -0.1) is 0 Å². The fraction of sp³-hybridized carbons (Fsp3) is 0. The molecule has 0 spiro atoms. The normalized spacial score (nSPS) is 7.60. The molecule has 0 saturated heterocycles. The summed E-state index contributed by atoms with van der Waals surface area (Å²) < 4.78 is 0. The first kappa shape index (κ1) is 39.7. The molecule has 0 amide bonds. The van der Waals surface area contributed by atoms with Crippen LogP contribution in [0.2, 0.25) is 0 Å². The molecular weight excluding hydrogens is 455 g/mol. The molecule has 0 saturated carbocycles. The van der Waals surface area contributed by atoms with Crippen LogP contribution in [0.25, 0.3) is 0 Å². The zero-order valence-electron chi connectivity index (χ0n) is 4.39. The molecule has 0 aliphatic heterocycles. The van der Waals surface area contributed by atoms with Crippen LogP contribution in [-0.4, -0.2) is 27.4 Å². The molecule has 0 aromatic carbocycles. The van der Waals surface area contributed by atoms with Gasteiger partial charge in [-0.2, -0.15) is 0 Å². The quantitative estimate of drug-likeness (QED) is 0.414. The van der Waals surface area contributed by atoms with E-state index in [9.17, 15) is 0 Å². The molecule has 0 aliphatic carbocycles. The van der Waals surface area contributed by atoms with Gasteiger partial charge in [0.1, 0.15) is 0 Å². The second kappa shape index (κ2) is 17.4. The molecule has 0 fully saturated rings. The van der Waals surface area contributed by atoms with E-state index in [2.05, 4.69) is 56.4 Å². The van der Waals surface area contributed by atoms with E-state index in [-0.39, 0.29) is 27.4 Å². The third kappa shape index (κ3) is 174. The molecule has 5 nitrogen and oxygen atoms in total. The van der Waals surface area contributed by atoms with Crippen molar-refractivity contribution in [1.29, 1.82) is 0 Å². The molecule has 0 bridgehead atoms. The Labute approximate surface area is 88.5 Å². The zero-order chi connectivity index (χ0) is 4.50. The molecule has 0 aromatic rings. The maximum atomic E-state index is 3.27. The summed E-state index contributed by atoms with van der Waals surface area (Å²) in [4.78, 5) is 0. The Morgan fingerprint density at radius 2 is 0.500 bits per heavy atom. The van der Waals surface area contributed by atoms with Gasteiger partial charge in [0.25, 0.3) is 0 Å². The Bertz CT molecular complexity index is 29.1. The van der Waals surface area contributed by atoms with Crippen molar-refractivity contribution in [3.8, 4) is 0 Å². The van der Waals surface area contributed by atoms with E-state index in [4.69, 9.17) is 0 Å². The Kier molecular flexibility index (Phi) is 68.9. The average molecular weight is 465 g/mol. The third-order valence-electron chi connectivity index (χ3n) is 0. The Hall–Kier alpha value is 2.24. The summed E-state index contributed by atoms with van der Waals surface area (Å²) in [6.45, 7) is 0. The molecule has 0 aromatic heterocycles. The summed E-state index contributed by atoms with van der Waals surface area (Å²) in [7, 11) is 0. The SMILES string of the molecule is O.O.O.O.O.[Br][Mn]([Br])([Br])[Br]. The summed E-state index contributed by atoms with van der Waals surface area (Å²) in [5, 5.41) is 0.